The topological polar surface area (TPSA) is 17.1 Å². The van der Waals surface area contributed by atoms with Crippen LogP contribution in [-0.2, 0) is 0 Å². The third-order valence-electron chi connectivity index (χ3n) is 2.45. The number of carbonyl (C=O) groups excluding carboxylic acids is 1. The minimum absolute atomic E-state index is 0.0904. The van der Waals surface area contributed by atoms with Gasteiger partial charge in [0.1, 0.15) is 5.82 Å². The second-order valence-electron chi connectivity index (χ2n) is 3.68. The van der Waals surface area contributed by atoms with Gasteiger partial charge in [-0.15, -0.1) is 0 Å². The standard InChI is InChI=1S/C13H5BrCl3FO/c14-8-5-11(18)7(4-10(8)16)13(19)6-2-1-3-9(15)12(6)17/h1-5H. The van der Waals surface area contributed by atoms with Crippen molar-refractivity contribution in [3.8, 4) is 0 Å². The monoisotopic (exact) mass is 380 g/mol. The zero-order valence-corrected chi connectivity index (χ0v) is 13.0. The van der Waals surface area contributed by atoms with Crippen LogP contribution in [0.4, 0.5) is 4.39 Å². The molecular formula is C13H5BrCl3FO. The number of halogens is 5. The molecule has 0 aliphatic rings. The van der Waals surface area contributed by atoms with E-state index in [1.165, 1.54) is 12.1 Å². The summed E-state index contributed by atoms with van der Waals surface area (Å²) in [6.45, 7) is 0. The fraction of sp³-hybridized carbons (Fsp3) is 0. The Morgan fingerprint density at radius 1 is 1.05 bits per heavy atom. The Labute approximate surface area is 132 Å². The van der Waals surface area contributed by atoms with Crippen LogP contribution in [0.3, 0.4) is 0 Å². The van der Waals surface area contributed by atoms with Crippen molar-refractivity contribution in [3.63, 3.8) is 0 Å². The molecule has 0 heterocycles. The molecule has 19 heavy (non-hydrogen) atoms. The minimum Gasteiger partial charge on any atom is -0.288 e. The maximum absolute atomic E-state index is 13.8. The third-order valence-corrected chi connectivity index (χ3v) is 4.47. The molecule has 0 unspecified atom stereocenters. The smallest absolute Gasteiger partial charge is 0.197 e. The quantitative estimate of drug-likeness (QED) is 0.475. The van der Waals surface area contributed by atoms with Crippen molar-refractivity contribution in [2.24, 2.45) is 0 Å². The molecule has 0 atom stereocenters. The van der Waals surface area contributed by atoms with Gasteiger partial charge in [-0.25, -0.2) is 4.39 Å². The fourth-order valence-electron chi connectivity index (χ4n) is 1.52. The van der Waals surface area contributed by atoms with Gasteiger partial charge in [0.25, 0.3) is 0 Å². The highest BCUT2D eigenvalue weighted by molar-refractivity contribution is 9.10. The van der Waals surface area contributed by atoms with Crippen LogP contribution in [0, 0.1) is 5.82 Å². The van der Waals surface area contributed by atoms with Crippen LogP contribution in [0.15, 0.2) is 34.8 Å². The van der Waals surface area contributed by atoms with Crippen molar-refractivity contribution >= 4 is 56.5 Å². The molecule has 0 aliphatic carbocycles. The van der Waals surface area contributed by atoms with Gasteiger partial charge >= 0.3 is 0 Å². The number of hydrogen-bond acceptors (Lipinski definition) is 1. The lowest BCUT2D eigenvalue weighted by atomic mass is 10.0. The Morgan fingerprint density at radius 3 is 2.42 bits per heavy atom. The fourth-order valence-corrected chi connectivity index (χ4v) is 2.39. The normalized spacial score (nSPS) is 10.6. The molecule has 1 nitrogen and oxygen atoms in total. The van der Waals surface area contributed by atoms with Crippen LogP contribution in [0.5, 0.6) is 0 Å². The summed E-state index contributed by atoms with van der Waals surface area (Å²) in [5.74, 6) is -1.25. The molecule has 0 amide bonds. The van der Waals surface area contributed by atoms with Gasteiger partial charge in [-0.3, -0.25) is 4.79 Å². The van der Waals surface area contributed by atoms with E-state index in [9.17, 15) is 9.18 Å². The van der Waals surface area contributed by atoms with Crippen molar-refractivity contribution in [2.45, 2.75) is 0 Å². The van der Waals surface area contributed by atoms with E-state index < -0.39 is 11.6 Å². The number of ketones is 1. The molecule has 2 aromatic carbocycles. The molecule has 0 saturated carbocycles. The van der Waals surface area contributed by atoms with Gasteiger partial charge in [-0.2, -0.15) is 0 Å². The third kappa shape index (κ3) is 2.95. The van der Waals surface area contributed by atoms with E-state index in [1.54, 1.807) is 12.1 Å². The van der Waals surface area contributed by atoms with Crippen LogP contribution in [0.2, 0.25) is 15.1 Å². The average molecular weight is 382 g/mol. The van der Waals surface area contributed by atoms with Gasteiger partial charge in [0.05, 0.1) is 20.6 Å². The predicted octanol–water partition coefficient (Wildman–Crippen LogP) is 5.78. The van der Waals surface area contributed by atoms with Crippen molar-refractivity contribution < 1.29 is 9.18 Å². The van der Waals surface area contributed by atoms with E-state index >= 15 is 0 Å². The molecule has 0 saturated heterocycles. The van der Waals surface area contributed by atoms with Crippen LogP contribution < -0.4 is 0 Å². The molecule has 0 radical (unpaired) electrons. The Hall–Kier alpha value is -0.610. The molecule has 0 aliphatic heterocycles. The number of hydrogen-bond donors (Lipinski definition) is 0. The SMILES string of the molecule is O=C(c1cc(Cl)c(Br)cc1F)c1cccc(Cl)c1Cl. The lowest BCUT2D eigenvalue weighted by Crippen LogP contribution is -2.05. The Morgan fingerprint density at radius 2 is 1.74 bits per heavy atom. The van der Waals surface area contributed by atoms with Crippen molar-refractivity contribution in [3.05, 3.63) is 66.8 Å². The summed E-state index contributed by atoms with van der Waals surface area (Å²) >= 11 is 20.7. The van der Waals surface area contributed by atoms with E-state index in [1.807, 2.05) is 0 Å². The number of benzene rings is 2. The number of carbonyl (C=O) groups is 1. The first-order chi connectivity index (χ1) is 8.91. The zero-order chi connectivity index (χ0) is 14.2. The summed E-state index contributed by atoms with van der Waals surface area (Å²) in [7, 11) is 0. The Bertz CT molecular complexity index is 673. The predicted molar refractivity (Wildman–Crippen MR) is 79.0 cm³/mol. The van der Waals surface area contributed by atoms with Gasteiger partial charge in [0.15, 0.2) is 5.78 Å². The molecule has 2 aromatic rings. The summed E-state index contributed by atoms with van der Waals surface area (Å²) in [5, 5.41) is 0.562. The van der Waals surface area contributed by atoms with E-state index in [0.717, 1.165) is 6.07 Å². The van der Waals surface area contributed by atoms with E-state index in [2.05, 4.69) is 15.9 Å². The Kier molecular flexibility index (Phi) is 4.51. The molecule has 0 spiro atoms. The summed E-state index contributed by atoms with van der Waals surface area (Å²) in [4.78, 5) is 12.2. The molecule has 0 N–H and O–H groups in total. The van der Waals surface area contributed by atoms with Crippen LogP contribution in [0.1, 0.15) is 15.9 Å². The number of rotatable bonds is 2. The summed E-state index contributed by atoms with van der Waals surface area (Å²) in [5.41, 5.74) is -0.0242. The first-order valence-corrected chi connectivity index (χ1v) is 6.97. The molecule has 6 heteroatoms. The zero-order valence-electron chi connectivity index (χ0n) is 9.18. The second kappa shape index (κ2) is 5.80. The molecule has 0 aromatic heterocycles. The summed E-state index contributed by atoms with van der Waals surface area (Å²) in [6.07, 6.45) is 0. The van der Waals surface area contributed by atoms with E-state index in [4.69, 9.17) is 34.8 Å². The van der Waals surface area contributed by atoms with Gasteiger partial charge in [-0.05, 0) is 40.2 Å². The lowest BCUT2D eigenvalue weighted by molar-refractivity contribution is 0.103. The lowest BCUT2D eigenvalue weighted by Gasteiger charge is -2.07. The van der Waals surface area contributed by atoms with Crippen LogP contribution in [0.25, 0.3) is 0 Å². The van der Waals surface area contributed by atoms with Gasteiger partial charge in [-0.1, -0.05) is 40.9 Å². The molecule has 98 valence electrons. The van der Waals surface area contributed by atoms with Crippen LogP contribution >= 0.6 is 50.7 Å². The molecule has 0 fully saturated rings. The summed E-state index contributed by atoms with van der Waals surface area (Å²) in [6, 6.07) is 6.98. The highest BCUT2D eigenvalue weighted by Crippen LogP contribution is 2.31. The highest BCUT2D eigenvalue weighted by atomic mass is 79.9. The molecule has 0 bridgehead atoms. The van der Waals surface area contributed by atoms with Crippen molar-refractivity contribution in [1.29, 1.82) is 0 Å². The highest BCUT2D eigenvalue weighted by Gasteiger charge is 2.19. The van der Waals surface area contributed by atoms with E-state index in [-0.39, 0.29) is 26.2 Å². The maximum atomic E-state index is 13.8. The molecule has 2 rings (SSSR count). The van der Waals surface area contributed by atoms with Crippen molar-refractivity contribution in [1.82, 2.24) is 0 Å². The van der Waals surface area contributed by atoms with E-state index in [0.29, 0.717) is 4.47 Å². The van der Waals surface area contributed by atoms with Gasteiger partial charge in [0.2, 0.25) is 0 Å². The summed E-state index contributed by atoms with van der Waals surface area (Å²) < 4.78 is 14.2. The van der Waals surface area contributed by atoms with Crippen molar-refractivity contribution in [2.75, 3.05) is 0 Å². The Balaban J connectivity index is 2.56. The van der Waals surface area contributed by atoms with Gasteiger partial charge in [0, 0.05) is 10.0 Å². The van der Waals surface area contributed by atoms with Gasteiger partial charge < -0.3 is 0 Å². The largest absolute Gasteiger partial charge is 0.288 e. The average Bonchev–Trinajstić information content (AvgIpc) is 2.36. The molecular weight excluding hydrogens is 377 g/mol. The first-order valence-electron chi connectivity index (χ1n) is 5.05. The van der Waals surface area contributed by atoms with Crippen LogP contribution in [-0.4, -0.2) is 5.78 Å². The first kappa shape index (κ1) is 14.8. The maximum Gasteiger partial charge on any atom is 0.197 e. The second-order valence-corrected chi connectivity index (χ2v) is 5.72. The minimum atomic E-state index is -0.683.